The first-order chi connectivity index (χ1) is 7.33. The summed E-state index contributed by atoms with van der Waals surface area (Å²) in [6, 6.07) is 4.45. The van der Waals surface area contributed by atoms with Crippen molar-refractivity contribution in [3.8, 4) is 5.75 Å². The van der Waals surface area contributed by atoms with Crippen molar-refractivity contribution in [1.29, 1.82) is 0 Å². The van der Waals surface area contributed by atoms with Crippen LogP contribution in [0, 0.1) is 0 Å². The highest BCUT2D eigenvalue weighted by Crippen LogP contribution is 2.47. The Morgan fingerprint density at radius 3 is 2.12 bits per heavy atom. The molecule has 0 heterocycles. The van der Waals surface area contributed by atoms with Crippen LogP contribution in [0.15, 0.2) is 24.3 Å². The minimum absolute atomic E-state index is 0.468. The molecule has 0 spiro atoms. The second kappa shape index (κ2) is 4.29. The standard InChI is InChI=1S/C10H11F4NO/c11-9(5-6-15,10(12,13)14)7-3-1-2-4-8(7)16/h1-4,16H,5-6,15H2. The number of halogens is 4. The molecule has 1 rings (SSSR count). The summed E-state index contributed by atoms with van der Waals surface area (Å²) >= 11 is 0. The van der Waals surface area contributed by atoms with Gasteiger partial charge in [-0.2, -0.15) is 13.2 Å². The molecule has 1 unspecified atom stereocenters. The monoisotopic (exact) mass is 237 g/mol. The van der Waals surface area contributed by atoms with E-state index in [0.717, 1.165) is 12.1 Å². The van der Waals surface area contributed by atoms with Gasteiger partial charge in [0.2, 0.25) is 5.67 Å². The van der Waals surface area contributed by atoms with Crippen LogP contribution in [0.1, 0.15) is 12.0 Å². The van der Waals surface area contributed by atoms with Crippen LogP contribution < -0.4 is 5.73 Å². The van der Waals surface area contributed by atoms with Gasteiger partial charge in [0, 0.05) is 12.0 Å². The number of para-hydroxylation sites is 1. The third kappa shape index (κ3) is 2.11. The van der Waals surface area contributed by atoms with Gasteiger partial charge in [-0.25, -0.2) is 4.39 Å². The molecule has 2 nitrogen and oxygen atoms in total. The summed E-state index contributed by atoms with van der Waals surface area (Å²) < 4.78 is 51.8. The predicted molar refractivity (Wildman–Crippen MR) is 50.6 cm³/mol. The molecule has 0 saturated carbocycles. The Bertz CT molecular complexity index is 366. The lowest BCUT2D eigenvalue weighted by Crippen LogP contribution is -2.40. The van der Waals surface area contributed by atoms with Crippen molar-refractivity contribution in [3.05, 3.63) is 29.8 Å². The highest BCUT2D eigenvalue weighted by molar-refractivity contribution is 5.38. The summed E-state index contributed by atoms with van der Waals surface area (Å²) in [7, 11) is 0. The van der Waals surface area contributed by atoms with Crippen molar-refractivity contribution in [3.63, 3.8) is 0 Å². The number of phenols is 1. The van der Waals surface area contributed by atoms with Gasteiger partial charge in [-0.1, -0.05) is 18.2 Å². The van der Waals surface area contributed by atoms with Crippen LogP contribution in [0.4, 0.5) is 17.6 Å². The zero-order valence-corrected chi connectivity index (χ0v) is 8.26. The van der Waals surface area contributed by atoms with Gasteiger partial charge in [0.25, 0.3) is 0 Å². The quantitative estimate of drug-likeness (QED) is 0.793. The van der Waals surface area contributed by atoms with Gasteiger partial charge in [0.15, 0.2) is 0 Å². The van der Waals surface area contributed by atoms with Crippen LogP contribution in [-0.2, 0) is 5.67 Å². The number of hydrogen-bond acceptors (Lipinski definition) is 2. The molecule has 0 aliphatic carbocycles. The summed E-state index contributed by atoms with van der Waals surface area (Å²) in [6.07, 6.45) is -6.03. The summed E-state index contributed by atoms with van der Waals surface area (Å²) in [5, 5.41) is 9.26. The molecule has 0 radical (unpaired) electrons. The maximum absolute atomic E-state index is 13.9. The minimum Gasteiger partial charge on any atom is -0.508 e. The highest BCUT2D eigenvalue weighted by atomic mass is 19.4. The van der Waals surface area contributed by atoms with Crippen molar-refractivity contribution < 1.29 is 22.7 Å². The number of benzene rings is 1. The Morgan fingerprint density at radius 2 is 1.69 bits per heavy atom. The molecule has 6 heteroatoms. The van der Waals surface area contributed by atoms with E-state index >= 15 is 0 Å². The molecule has 0 amide bonds. The maximum atomic E-state index is 13.9. The summed E-state index contributed by atoms with van der Waals surface area (Å²) in [6.45, 7) is -0.468. The molecular formula is C10H11F4NO. The second-order valence-electron chi connectivity index (χ2n) is 3.35. The number of alkyl halides is 4. The molecule has 1 aromatic carbocycles. The first kappa shape index (κ1) is 12.8. The number of phenolic OH excluding ortho intramolecular Hbond substituents is 1. The first-order valence-corrected chi connectivity index (χ1v) is 4.57. The number of nitrogens with two attached hydrogens (primary N) is 1. The van der Waals surface area contributed by atoms with Gasteiger partial charge < -0.3 is 10.8 Å². The van der Waals surface area contributed by atoms with Gasteiger partial charge >= 0.3 is 6.18 Å². The lowest BCUT2D eigenvalue weighted by Gasteiger charge is -2.28. The van der Waals surface area contributed by atoms with Crippen LogP contribution in [0.3, 0.4) is 0 Å². The SMILES string of the molecule is NCCC(F)(c1ccccc1O)C(F)(F)F. The number of rotatable bonds is 3. The topological polar surface area (TPSA) is 46.2 Å². The van der Waals surface area contributed by atoms with Crippen LogP contribution in [0.25, 0.3) is 0 Å². The Labute approximate surface area is 89.7 Å². The lowest BCUT2D eigenvalue weighted by atomic mass is 9.91. The molecule has 0 fully saturated rings. The van der Waals surface area contributed by atoms with Gasteiger partial charge in [0.05, 0.1) is 0 Å². The largest absolute Gasteiger partial charge is 0.508 e. The summed E-state index contributed by atoms with van der Waals surface area (Å²) in [5.74, 6) is -0.726. The van der Waals surface area contributed by atoms with E-state index in [1.807, 2.05) is 0 Å². The molecule has 16 heavy (non-hydrogen) atoms. The third-order valence-electron chi connectivity index (χ3n) is 2.27. The molecule has 3 N–H and O–H groups in total. The highest BCUT2D eigenvalue weighted by Gasteiger charge is 2.57. The fraction of sp³-hybridized carbons (Fsp3) is 0.400. The van der Waals surface area contributed by atoms with Crippen molar-refractivity contribution >= 4 is 0 Å². The fourth-order valence-electron chi connectivity index (χ4n) is 1.44. The third-order valence-corrected chi connectivity index (χ3v) is 2.27. The second-order valence-corrected chi connectivity index (χ2v) is 3.35. The van der Waals surface area contributed by atoms with E-state index in [2.05, 4.69) is 0 Å². The summed E-state index contributed by atoms with van der Waals surface area (Å²) in [5.41, 5.74) is 0.575. The molecule has 0 aliphatic rings. The van der Waals surface area contributed by atoms with Crippen LogP contribution in [0.5, 0.6) is 5.75 Å². The molecule has 0 saturated heterocycles. The zero-order valence-electron chi connectivity index (χ0n) is 8.26. The van der Waals surface area contributed by atoms with E-state index in [1.54, 1.807) is 0 Å². The average Bonchev–Trinajstić information content (AvgIpc) is 2.16. The molecule has 0 aliphatic heterocycles. The van der Waals surface area contributed by atoms with Gasteiger partial charge in [-0.05, 0) is 12.6 Å². The van der Waals surface area contributed by atoms with Crippen molar-refractivity contribution in [1.82, 2.24) is 0 Å². The lowest BCUT2D eigenvalue weighted by molar-refractivity contribution is -0.237. The summed E-state index contributed by atoms with van der Waals surface area (Å²) in [4.78, 5) is 0. The van der Waals surface area contributed by atoms with Crippen LogP contribution in [0.2, 0.25) is 0 Å². The van der Waals surface area contributed by atoms with Gasteiger partial charge in [-0.3, -0.25) is 0 Å². The normalized spacial score (nSPS) is 15.8. The molecule has 0 bridgehead atoms. The van der Waals surface area contributed by atoms with Crippen LogP contribution >= 0.6 is 0 Å². The predicted octanol–water partition coefficient (Wildman–Crippen LogP) is 2.47. The van der Waals surface area contributed by atoms with E-state index in [-0.39, 0.29) is 0 Å². The molecule has 90 valence electrons. The molecule has 1 aromatic rings. The van der Waals surface area contributed by atoms with E-state index in [4.69, 9.17) is 5.73 Å². The Balaban J connectivity index is 3.28. The van der Waals surface area contributed by atoms with E-state index in [1.165, 1.54) is 12.1 Å². The minimum atomic E-state index is -5.11. The van der Waals surface area contributed by atoms with Gasteiger partial charge in [-0.15, -0.1) is 0 Å². The zero-order chi connectivity index (χ0) is 12.4. The maximum Gasteiger partial charge on any atom is 0.426 e. The van der Waals surface area contributed by atoms with Gasteiger partial charge in [0.1, 0.15) is 5.75 Å². The van der Waals surface area contributed by atoms with E-state index in [0.29, 0.717) is 0 Å². The number of hydrogen-bond donors (Lipinski definition) is 2. The molecule has 0 aromatic heterocycles. The molecular weight excluding hydrogens is 226 g/mol. The van der Waals surface area contributed by atoms with E-state index in [9.17, 15) is 22.7 Å². The Hall–Kier alpha value is -1.30. The number of aromatic hydroxyl groups is 1. The fourth-order valence-corrected chi connectivity index (χ4v) is 1.44. The first-order valence-electron chi connectivity index (χ1n) is 4.57. The van der Waals surface area contributed by atoms with Crippen molar-refractivity contribution in [2.24, 2.45) is 5.73 Å². The van der Waals surface area contributed by atoms with Crippen molar-refractivity contribution in [2.45, 2.75) is 18.3 Å². The smallest absolute Gasteiger partial charge is 0.426 e. The Morgan fingerprint density at radius 1 is 1.12 bits per heavy atom. The Kier molecular flexibility index (Phi) is 3.42. The van der Waals surface area contributed by atoms with Crippen LogP contribution in [-0.4, -0.2) is 17.8 Å². The molecule has 1 atom stereocenters. The average molecular weight is 237 g/mol. The van der Waals surface area contributed by atoms with Crippen molar-refractivity contribution in [2.75, 3.05) is 6.54 Å². The van der Waals surface area contributed by atoms with E-state index < -0.39 is 36.1 Å².